The van der Waals surface area contributed by atoms with Crippen LogP contribution in [-0.4, -0.2) is 182 Å². The van der Waals surface area contributed by atoms with Gasteiger partial charge >= 0.3 is 5.97 Å². The number of benzene rings is 1. The van der Waals surface area contributed by atoms with E-state index in [0.29, 0.717) is 38.6 Å². The van der Waals surface area contributed by atoms with Crippen molar-refractivity contribution in [2.75, 3.05) is 33.3 Å². The number of nitrogens with two attached hydrogens (primary N) is 4. The molecule has 29 nitrogen and oxygen atoms in total. The number of carbonyl (C=O) groups is 12. The molecule has 2 rings (SSSR count). The zero-order valence-electron chi connectivity index (χ0n) is 52.1. The second-order valence-corrected chi connectivity index (χ2v) is 22.4. The molecule has 16 atom stereocenters. The summed E-state index contributed by atoms with van der Waals surface area (Å²) >= 11 is 0. The van der Waals surface area contributed by atoms with Crippen molar-refractivity contribution in [3.8, 4) is 0 Å². The molecule has 0 aliphatic carbocycles. The van der Waals surface area contributed by atoms with E-state index in [0.717, 1.165) is 5.56 Å². The number of aliphatic hydroxyl groups excluding tert-OH is 1. The van der Waals surface area contributed by atoms with Crippen molar-refractivity contribution in [3.63, 3.8) is 0 Å². The summed E-state index contributed by atoms with van der Waals surface area (Å²) in [4.78, 5) is 166. The molecular weight excluding hydrogens is 1130 g/mol. The summed E-state index contributed by atoms with van der Waals surface area (Å²) in [5.74, 6) is -12.8. The number of likely N-dealkylation sites (N-methyl/N-ethyl adjacent to an activating group) is 1. The lowest BCUT2D eigenvalue weighted by Gasteiger charge is -2.31. The lowest BCUT2D eigenvalue weighted by molar-refractivity contribution is -0.157. The van der Waals surface area contributed by atoms with E-state index >= 15 is 0 Å². The number of hydrogen-bond donors (Lipinski definition) is 16. The molecule has 0 saturated carbocycles. The van der Waals surface area contributed by atoms with Gasteiger partial charge in [0.05, 0.1) is 12.6 Å². The van der Waals surface area contributed by atoms with E-state index in [1.807, 2.05) is 37.3 Å². The molecular formula is C58H99N15O14. The molecule has 0 spiro atoms. The van der Waals surface area contributed by atoms with Crippen molar-refractivity contribution in [3.05, 3.63) is 35.9 Å². The second kappa shape index (κ2) is 38.7. The molecule has 0 aromatic heterocycles. The van der Waals surface area contributed by atoms with Crippen LogP contribution in [0.25, 0.3) is 0 Å². The van der Waals surface area contributed by atoms with Crippen LogP contribution in [0.2, 0.25) is 0 Å². The standard InChI is InChI=1S/C58H99N15O14/c1-11-30(5)43(70-50(78)38(63-10)26-35-20-16-15-17-21-35)54(82)66-39(27-60)52(80)65-37(23-24-42(62)75)49(77)69-45(32(7)13-3)56(84)71-44(31(6)12-2)55(83)68-41(29-74)53(81)73-47-34(9)87-58(86)46(33(8)14-4)72-48(76)36(22-18-19-25-59)64-51(79)40(28-61)67-57(47)85/h15-17,20-21,30-34,36-41,43-47,63,74H,11-14,18-19,22-29,59-61H2,1-10H3,(H2,62,75)(H,64,79)(H,65,80)(H,66,82)(H,67,85)(H,68,83)(H,69,77)(H,70,78)(H,71,84)(H,72,76)(H,73,81)/t30-,31-,32-,33-,34-,36-,37+,38+,39-,40-,41-,43-,44-,45+,46-,47+/m0/s1. The summed E-state index contributed by atoms with van der Waals surface area (Å²) in [6, 6.07) is -5.98. The van der Waals surface area contributed by atoms with Gasteiger partial charge in [-0.2, -0.15) is 0 Å². The molecule has 11 amide bonds. The molecule has 0 unspecified atom stereocenters. The third-order valence-electron chi connectivity index (χ3n) is 15.9. The number of amides is 11. The number of primary amides is 1. The van der Waals surface area contributed by atoms with Crippen LogP contribution in [0, 0.1) is 23.7 Å². The topological polar surface area (TPSA) is 471 Å². The number of esters is 1. The fraction of sp³-hybridized carbons (Fsp3) is 0.690. The third-order valence-corrected chi connectivity index (χ3v) is 15.9. The summed E-state index contributed by atoms with van der Waals surface area (Å²) in [5, 5.41) is 39.2. The number of carbonyl (C=O) groups excluding carboxylic acids is 12. The summed E-state index contributed by atoms with van der Waals surface area (Å²) in [6.45, 7) is 13.2. The number of ether oxygens (including phenoxy) is 1. The maximum Gasteiger partial charge on any atom is 0.329 e. The van der Waals surface area contributed by atoms with Crippen molar-refractivity contribution >= 4 is 70.9 Å². The molecule has 20 N–H and O–H groups in total. The molecule has 1 heterocycles. The van der Waals surface area contributed by atoms with Crippen molar-refractivity contribution in [2.24, 2.45) is 46.6 Å². The predicted molar refractivity (Wildman–Crippen MR) is 322 cm³/mol. The second-order valence-electron chi connectivity index (χ2n) is 22.4. The minimum atomic E-state index is -1.83. The Labute approximate surface area is 510 Å². The molecule has 1 saturated heterocycles. The van der Waals surface area contributed by atoms with Crippen LogP contribution in [0.3, 0.4) is 0 Å². The highest BCUT2D eigenvalue weighted by atomic mass is 16.5. The minimum absolute atomic E-state index is 0.129. The Morgan fingerprint density at radius 2 is 1.08 bits per heavy atom. The smallest absolute Gasteiger partial charge is 0.329 e. The van der Waals surface area contributed by atoms with Crippen molar-refractivity contribution in [2.45, 2.75) is 199 Å². The number of rotatable bonds is 35. The Balaban J connectivity index is 2.42. The molecule has 1 aromatic rings. The average molecular weight is 1230 g/mol. The van der Waals surface area contributed by atoms with Gasteiger partial charge in [-0.05, 0) is 81.9 Å². The first-order chi connectivity index (χ1) is 41.2. The van der Waals surface area contributed by atoms with Gasteiger partial charge in [-0.1, -0.05) is 111 Å². The molecule has 1 fully saturated rings. The van der Waals surface area contributed by atoms with E-state index in [9.17, 15) is 62.6 Å². The first kappa shape index (κ1) is 75.8. The van der Waals surface area contributed by atoms with E-state index in [1.165, 1.54) is 6.92 Å². The highest BCUT2D eigenvalue weighted by Gasteiger charge is 2.41. The Morgan fingerprint density at radius 3 is 1.56 bits per heavy atom. The average Bonchev–Trinajstić information content (AvgIpc) is 3.78. The molecule has 1 aromatic carbocycles. The SMILES string of the molecule is CC[C@H](C)[C@H](NC(=O)[C@@H](Cc1ccccc1)NC)C(=O)N[C@@H](CN)C(=O)N[C@H](CCC(N)=O)C(=O)N[C@@H](C(=O)N[C@H](C(=O)N[C@@H](CO)C(=O)N[C@H]1C(=O)N[C@@H](CN)C(=O)N[C@@H](CCCCN)C(=O)N[C@@H]([C@@H](C)CC)C(=O)O[C@H]1C)[C@@H](C)CC)[C@@H](C)CC. The third kappa shape index (κ3) is 24.0. The molecule has 0 radical (unpaired) electrons. The van der Waals surface area contributed by atoms with E-state index in [1.54, 1.807) is 55.5 Å². The van der Waals surface area contributed by atoms with Crippen molar-refractivity contribution in [1.29, 1.82) is 0 Å². The lowest BCUT2D eigenvalue weighted by atomic mass is 9.94. The van der Waals surface area contributed by atoms with Crippen LogP contribution in [0.1, 0.15) is 126 Å². The number of cyclic esters (lactones) is 1. The largest absolute Gasteiger partial charge is 0.458 e. The summed E-state index contributed by atoms with van der Waals surface area (Å²) in [7, 11) is 1.61. The minimum Gasteiger partial charge on any atom is -0.458 e. The van der Waals surface area contributed by atoms with E-state index in [2.05, 4.69) is 58.5 Å². The Kier molecular flexibility index (Phi) is 33.7. The van der Waals surface area contributed by atoms with Crippen LogP contribution in [0.15, 0.2) is 30.3 Å². The zero-order valence-corrected chi connectivity index (χ0v) is 52.1. The number of hydrogen-bond acceptors (Lipinski definition) is 18. The van der Waals surface area contributed by atoms with Crippen LogP contribution in [-0.2, 0) is 68.7 Å². The van der Waals surface area contributed by atoms with Gasteiger partial charge < -0.3 is 91.3 Å². The predicted octanol–water partition coefficient (Wildman–Crippen LogP) is -3.90. The quantitative estimate of drug-likeness (QED) is 0.0228. The summed E-state index contributed by atoms with van der Waals surface area (Å²) in [5.41, 5.74) is 23.9. The van der Waals surface area contributed by atoms with Crippen LogP contribution < -0.4 is 81.4 Å². The van der Waals surface area contributed by atoms with Gasteiger partial charge in [0, 0.05) is 19.5 Å². The maximum atomic E-state index is 14.4. The first-order valence-electron chi connectivity index (χ1n) is 30.2. The van der Waals surface area contributed by atoms with E-state index in [4.69, 9.17) is 27.7 Å². The van der Waals surface area contributed by atoms with Gasteiger partial charge in [-0.3, -0.25) is 52.7 Å². The number of unbranched alkanes of at least 4 members (excludes halogenated alkanes) is 1. The maximum absolute atomic E-state index is 14.4. The van der Waals surface area contributed by atoms with Crippen molar-refractivity contribution in [1.82, 2.24) is 58.5 Å². The molecule has 0 bridgehead atoms. The Morgan fingerprint density at radius 1 is 0.598 bits per heavy atom. The van der Waals surface area contributed by atoms with Gasteiger partial charge in [-0.25, -0.2) is 4.79 Å². The van der Waals surface area contributed by atoms with Gasteiger partial charge in [-0.15, -0.1) is 0 Å². The Bertz CT molecular complexity index is 2460. The van der Waals surface area contributed by atoms with Gasteiger partial charge in [0.25, 0.3) is 0 Å². The van der Waals surface area contributed by atoms with Crippen LogP contribution in [0.5, 0.6) is 0 Å². The highest BCUT2D eigenvalue weighted by molar-refractivity contribution is 5.99. The highest BCUT2D eigenvalue weighted by Crippen LogP contribution is 2.17. The lowest BCUT2D eigenvalue weighted by Crippen LogP contribution is -2.64. The van der Waals surface area contributed by atoms with Gasteiger partial charge in [0.1, 0.15) is 66.5 Å². The molecule has 1 aliphatic rings. The number of aliphatic hydroxyl groups is 1. The summed E-state index contributed by atoms with van der Waals surface area (Å²) in [6.07, 6.45) is 0.474. The molecule has 490 valence electrons. The fourth-order valence-corrected chi connectivity index (χ4v) is 9.23. The molecule has 29 heteroatoms. The van der Waals surface area contributed by atoms with Gasteiger partial charge in [0.15, 0.2) is 0 Å². The van der Waals surface area contributed by atoms with Crippen LogP contribution >= 0.6 is 0 Å². The zero-order chi connectivity index (χ0) is 65.7. The monoisotopic (exact) mass is 1230 g/mol. The van der Waals surface area contributed by atoms with Crippen LogP contribution in [0.4, 0.5) is 0 Å². The summed E-state index contributed by atoms with van der Waals surface area (Å²) < 4.78 is 5.72. The molecule has 87 heavy (non-hydrogen) atoms. The first-order valence-corrected chi connectivity index (χ1v) is 30.2. The molecule has 1 aliphatic heterocycles. The fourth-order valence-electron chi connectivity index (χ4n) is 9.23. The number of nitrogens with one attached hydrogen (secondary N) is 11. The van der Waals surface area contributed by atoms with Crippen molar-refractivity contribution < 1.29 is 67.4 Å². The Hall–Kier alpha value is -7.34. The van der Waals surface area contributed by atoms with Gasteiger partial charge in [0.2, 0.25) is 65.0 Å². The van der Waals surface area contributed by atoms with E-state index in [-0.39, 0.29) is 25.7 Å². The normalized spacial score (nSPS) is 21.2. The van der Waals surface area contributed by atoms with E-state index < -0.39 is 193 Å².